The fourth-order valence-corrected chi connectivity index (χ4v) is 4.95. The van der Waals surface area contributed by atoms with Crippen molar-refractivity contribution in [1.82, 2.24) is 25.0 Å². The smallest absolute Gasteiger partial charge is 0.270 e. The number of aliphatic hydroxyl groups is 1. The summed E-state index contributed by atoms with van der Waals surface area (Å²) in [5, 5.41) is 17.8. The van der Waals surface area contributed by atoms with Gasteiger partial charge in [-0.25, -0.2) is 9.97 Å². The molecule has 0 saturated carbocycles. The Bertz CT molecular complexity index is 1050. The van der Waals surface area contributed by atoms with Crippen LogP contribution in [0.4, 0.5) is 0 Å². The molecule has 2 aromatic heterocycles. The third-order valence-electron chi connectivity index (χ3n) is 6.29. The Morgan fingerprint density at radius 1 is 1.29 bits per heavy atom. The third-order valence-corrected chi connectivity index (χ3v) is 6.29. The van der Waals surface area contributed by atoms with E-state index in [0.29, 0.717) is 17.2 Å². The summed E-state index contributed by atoms with van der Waals surface area (Å²) in [5.41, 5.74) is 2.93. The van der Waals surface area contributed by atoms with Crippen molar-refractivity contribution in [2.45, 2.75) is 37.3 Å². The molecule has 2 aliphatic rings. The molecule has 144 valence electrons. The molecule has 3 N–H and O–H groups in total. The van der Waals surface area contributed by atoms with Crippen molar-refractivity contribution >= 4 is 11.7 Å². The second-order valence-corrected chi connectivity index (χ2v) is 7.72. The summed E-state index contributed by atoms with van der Waals surface area (Å²) in [5.74, 6) is 0.246. The number of nitrogens with zero attached hydrogens (tertiary/aromatic N) is 3. The average Bonchev–Trinajstić information content (AvgIpc) is 3.17. The van der Waals surface area contributed by atoms with Gasteiger partial charge in [-0.2, -0.15) is 0 Å². The molecule has 3 aromatic rings. The first kappa shape index (κ1) is 17.3. The van der Waals surface area contributed by atoms with Gasteiger partial charge in [0.25, 0.3) is 5.91 Å². The Labute approximate surface area is 162 Å². The first-order valence-electron chi connectivity index (χ1n) is 9.70. The molecule has 7 heteroatoms. The van der Waals surface area contributed by atoms with Crippen LogP contribution < -0.4 is 10.6 Å². The maximum Gasteiger partial charge on any atom is 0.270 e. The number of rotatable bonds is 2. The molecule has 2 atom stereocenters. The number of benzene rings is 1. The molecule has 1 spiro atoms. The lowest BCUT2D eigenvalue weighted by Gasteiger charge is -2.38. The number of hydrogen-bond acceptors (Lipinski definition) is 5. The summed E-state index contributed by atoms with van der Waals surface area (Å²) in [7, 11) is 0. The number of amides is 1. The lowest BCUT2D eigenvalue weighted by molar-refractivity contribution is 0.0416. The first-order valence-corrected chi connectivity index (χ1v) is 9.70. The van der Waals surface area contributed by atoms with Crippen molar-refractivity contribution < 1.29 is 9.90 Å². The molecule has 1 aromatic carbocycles. The number of hydrogen-bond donors (Lipinski definition) is 3. The van der Waals surface area contributed by atoms with Crippen LogP contribution in [0, 0.1) is 6.92 Å². The number of aliphatic hydroxyl groups excluding tert-OH is 1. The lowest BCUT2D eigenvalue weighted by atomic mass is 9.72. The van der Waals surface area contributed by atoms with E-state index >= 15 is 0 Å². The van der Waals surface area contributed by atoms with Gasteiger partial charge in [-0.15, -0.1) is 0 Å². The summed E-state index contributed by atoms with van der Waals surface area (Å²) in [6.45, 7) is 3.53. The van der Waals surface area contributed by atoms with Gasteiger partial charge in [0.1, 0.15) is 5.69 Å². The minimum absolute atomic E-state index is 0.247. The maximum atomic E-state index is 13.2. The Morgan fingerprint density at radius 3 is 2.89 bits per heavy atom. The molecular formula is C21H23N5O2. The second kappa shape index (κ2) is 6.39. The van der Waals surface area contributed by atoms with Crippen LogP contribution >= 0.6 is 0 Å². The van der Waals surface area contributed by atoms with E-state index in [1.54, 1.807) is 29.8 Å². The summed E-state index contributed by atoms with van der Waals surface area (Å²) >= 11 is 0. The maximum absolute atomic E-state index is 13.2. The van der Waals surface area contributed by atoms with Crippen LogP contribution in [0.15, 0.2) is 42.7 Å². The van der Waals surface area contributed by atoms with Gasteiger partial charge in [0.05, 0.1) is 17.8 Å². The average molecular weight is 377 g/mol. The predicted molar refractivity (Wildman–Crippen MR) is 104 cm³/mol. The second-order valence-electron chi connectivity index (χ2n) is 7.72. The van der Waals surface area contributed by atoms with Gasteiger partial charge in [-0.05, 0) is 50.0 Å². The van der Waals surface area contributed by atoms with E-state index in [1.165, 1.54) is 0 Å². The zero-order valence-electron chi connectivity index (χ0n) is 15.7. The Hall–Kier alpha value is -2.77. The number of imidazole rings is 1. The molecule has 7 nitrogen and oxygen atoms in total. The van der Waals surface area contributed by atoms with Crippen molar-refractivity contribution in [3.05, 3.63) is 65.2 Å². The number of aromatic nitrogens is 3. The minimum atomic E-state index is -0.659. The highest BCUT2D eigenvalue weighted by atomic mass is 16.3. The van der Waals surface area contributed by atoms with E-state index in [0.717, 1.165) is 37.1 Å². The van der Waals surface area contributed by atoms with Gasteiger partial charge in [-0.3, -0.25) is 9.20 Å². The van der Waals surface area contributed by atoms with Crippen molar-refractivity contribution in [3.8, 4) is 0 Å². The quantitative estimate of drug-likeness (QED) is 0.630. The summed E-state index contributed by atoms with van der Waals surface area (Å²) in [6.07, 6.45) is 4.49. The van der Waals surface area contributed by atoms with E-state index in [1.807, 2.05) is 18.2 Å². The van der Waals surface area contributed by atoms with E-state index in [9.17, 15) is 9.90 Å². The Morgan fingerprint density at radius 2 is 2.07 bits per heavy atom. The zero-order valence-corrected chi connectivity index (χ0v) is 15.7. The summed E-state index contributed by atoms with van der Waals surface area (Å²) < 4.78 is 1.69. The van der Waals surface area contributed by atoms with Crippen molar-refractivity contribution in [3.63, 3.8) is 0 Å². The zero-order chi connectivity index (χ0) is 19.3. The molecule has 0 unspecified atom stereocenters. The Kier molecular flexibility index (Phi) is 3.96. The summed E-state index contributed by atoms with van der Waals surface area (Å²) in [4.78, 5) is 21.8. The normalized spacial score (nSPS) is 23.1. The number of fused-ring (bicyclic) bond motifs is 3. The molecule has 1 aliphatic carbocycles. The predicted octanol–water partition coefficient (Wildman–Crippen LogP) is 1.50. The monoisotopic (exact) mass is 377 g/mol. The molecule has 1 fully saturated rings. The van der Waals surface area contributed by atoms with Crippen LogP contribution in [0.3, 0.4) is 0 Å². The molecule has 5 rings (SSSR count). The third kappa shape index (κ3) is 2.40. The fraction of sp³-hybridized carbons (Fsp3) is 0.381. The fourth-order valence-electron chi connectivity index (χ4n) is 4.95. The molecule has 3 heterocycles. The van der Waals surface area contributed by atoms with Crippen LogP contribution in [0.5, 0.6) is 0 Å². The van der Waals surface area contributed by atoms with Crippen LogP contribution in [-0.2, 0) is 5.41 Å². The van der Waals surface area contributed by atoms with Crippen LogP contribution in [0.2, 0.25) is 0 Å². The molecule has 0 radical (unpaired) electrons. The van der Waals surface area contributed by atoms with E-state index in [2.05, 4.69) is 26.7 Å². The molecule has 0 bridgehead atoms. The van der Waals surface area contributed by atoms with Gasteiger partial charge in [0, 0.05) is 17.8 Å². The number of carbonyl (C=O) groups is 1. The topological polar surface area (TPSA) is 91.6 Å². The largest absolute Gasteiger partial charge is 0.390 e. The highest BCUT2D eigenvalue weighted by Crippen LogP contribution is 2.50. The van der Waals surface area contributed by atoms with E-state index in [-0.39, 0.29) is 11.3 Å². The van der Waals surface area contributed by atoms with Gasteiger partial charge in [0.15, 0.2) is 0 Å². The van der Waals surface area contributed by atoms with Gasteiger partial charge >= 0.3 is 0 Å². The van der Waals surface area contributed by atoms with Crippen LogP contribution in [0.25, 0.3) is 5.78 Å². The van der Waals surface area contributed by atoms with Gasteiger partial charge < -0.3 is 15.7 Å². The molecule has 1 saturated heterocycles. The Balaban J connectivity index is 1.53. The van der Waals surface area contributed by atoms with E-state index < -0.39 is 12.1 Å². The van der Waals surface area contributed by atoms with Gasteiger partial charge in [0.2, 0.25) is 5.78 Å². The first-order chi connectivity index (χ1) is 13.6. The van der Waals surface area contributed by atoms with Crippen molar-refractivity contribution in [1.29, 1.82) is 0 Å². The number of aryl methyl sites for hydroxylation is 1. The molecule has 1 amide bonds. The number of piperidine rings is 1. The summed E-state index contributed by atoms with van der Waals surface area (Å²) in [6, 6.07) is 9.43. The lowest BCUT2D eigenvalue weighted by Crippen LogP contribution is -2.48. The van der Waals surface area contributed by atoms with Crippen LogP contribution in [0.1, 0.15) is 46.2 Å². The number of nitrogens with one attached hydrogen (secondary N) is 2. The molecular weight excluding hydrogens is 354 g/mol. The van der Waals surface area contributed by atoms with Crippen molar-refractivity contribution in [2.75, 3.05) is 13.1 Å². The highest BCUT2D eigenvalue weighted by Gasteiger charge is 2.52. The standard InChI is InChI=1S/C21H23N5O2/c1-13-17(26-12-4-9-23-20(26)24-13)19(28)25-16-14-5-2-3-6-15(14)21(18(16)27)7-10-22-11-8-21/h2-6,9,12,16,18,22,27H,7-8,10-11H2,1H3,(H,25,28)/t16-,18+/m0/s1. The minimum Gasteiger partial charge on any atom is -0.390 e. The molecule has 1 aliphatic heterocycles. The van der Waals surface area contributed by atoms with Gasteiger partial charge in [-0.1, -0.05) is 24.3 Å². The van der Waals surface area contributed by atoms with Crippen molar-refractivity contribution in [2.24, 2.45) is 0 Å². The van der Waals surface area contributed by atoms with E-state index in [4.69, 9.17) is 0 Å². The van der Waals surface area contributed by atoms with Crippen LogP contribution in [-0.4, -0.2) is 44.6 Å². The SMILES string of the molecule is Cc1nc2ncccn2c1C(=O)N[C@H]1c2ccccc2C2(CCNCC2)[C@@H]1O. The molecule has 28 heavy (non-hydrogen) atoms. The highest BCUT2D eigenvalue weighted by molar-refractivity contribution is 5.95. The number of carbonyl (C=O) groups excluding carboxylic acids is 1.